The van der Waals surface area contributed by atoms with Crippen molar-refractivity contribution < 1.29 is 18.0 Å². The van der Waals surface area contributed by atoms with Crippen LogP contribution in [0.1, 0.15) is 55.0 Å². The Labute approximate surface area is 239 Å². The highest BCUT2D eigenvalue weighted by Gasteiger charge is 2.33. The molecule has 214 valence electrons. The zero-order chi connectivity index (χ0) is 29.6. The monoisotopic (exact) mass is 563 g/mol. The lowest BCUT2D eigenvalue weighted by Crippen LogP contribution is -2.52. The van der Waals surface area contributed by atoms with Crippen LogP contribution in [0.15, 0.2) is 71.6 Å². The molecule has 3 aromatic rings. The number of nitrogens with one attached hydrogen (secondary N) is 1. The van der Waals surface area contributed by atoms with Crippen molar-refractivity contribution in [1.82, 2.24) is 10.2 Å². The van der Waals surface area contributed by atoms with Crippen LogP contribution in [0.2, 0.25) is 0 Å². The zero-order valence-electron chi connectivity index (χ0n) is 24.6. The van der Waals surface area contributed by atoms with Crippen LogP contribution in [0.4, 0.5) is 5.69 Å². The molecular weight excluding hydrogens is 522 g/mol. The van der Waals surface area contributed by atoms with Gasteiger partial charge in [-0.1, -0.05) is 61.0 Å². The summed E-state index contributed by atoms with van der Waals surface area (Å²) in [6.07, 6.45) is 0.749. The van der Waals surface area contributed by atoms with Crippen molar-refractivity contribution in [1.29, 1.82) is 0 Å². The molecule has 8 heteroatoms. The number of sulfonamides is 1. The summed E-state index contributed by atoms with van der Waals surface area (Å²) in [4.78, 5) is 28.9. The molecule has 0 heterocycles. The lowest BCUT2D eigenvalue weighted by Gasteiger charge is -2.33. The Morgan fingerprint density at radius 3 is 2.10 bits per heavy atom. The van der Waals surface area contributed by atoms with E-state index in [9.17, 15) is 18.0 Å². The van der Waals surface area contributed by atoms with Crippen LogP contribution in [0.25, 0.3) is 0 Å². The Hall–Kier alpha value is -3.65. The summed E-state index contributed by atoms with van der Waals surface area (Å²) in [5, 5.41) is 2.96. The molecule has 0 saturated heterocycles. The lowest BCUT2D eigenvalue weighted by atomic mass is 10.1. The number of benzene rings is 3. The molecule has 2 atom stereocenters. The fourth-order valence-corrected chi connectivity index (χ4v) is 5.83. The van der Waals surface area contributed by atoms with Crippen molar-refractivity contribution >= 4 is 27.5 Å². The van der Waals surface area contributed by atoms with Gasteiger partial charge in [-0.3, -0.25) is 13.9 Å². The molecular formula is C32H41N3O4S. The van der Waals surface area contributed by atoms with Gasteiger partial charge in [0.25, 0.3) is 10.0 Å². The van der Waals surface area contributed by atoms with Crippen LogP contribution in [0, 0.1) is 27.7 Å². The van der Waals surface area contributed by atoms with E-state index in [1.165, 1.54) is 9.21 Å². The van der Waals surface area contributed by atoms with Crippen molar-refractivity contribution in [2.75, 3.05) is 10.8 Å². The Morgan fingerprint density at radius 2 is 1.48 bits per heavy atom. The highest BCUT2D eigenvalue weighted by molar-refractivity contribution is 7.92. The molecule has 0 saturated carbocycles. The SMILES string of the molecule is CC[C@@H](C)NC(=O)[C@@H](C)N(Cc1ccccc1C)C(=O)CN(c1cc(C)ccc1C)S(=O)(=O)c1ccc(C)cc1. The first-order valence-electron chi connectivity index (χ1n) is 13.7. The second-order valence-electron chi connectivity index (χ2n) is 10.6. The maximum absolute atomic E-state index is 14.1. The van der Waals surface area contributed by atoms with Gasteiger partial charge in [0.2, 0.25) is 11.8 Å². The minimum atomic E-state index is -4.10. The van der Waals surface area contributed by atoms with E-state index in [0.29, 0.717) is 5.69 Å². The van der Waals surface area contributed by atoms with Gasteiger partial charge >= 0.3 is 0 Å². The van der Waals surface area contributed by atoms with Gasteiger partial charge in [-0.25, -0.2) is 8.42 Å². The zero-order valence-corrected chi connectivity index (χ0v) is 25.4. The maximum Gasteiger partial charge on any atom is 0.264 e. The summed E-state index contributed by atoms with van der Waals surface area (Å²) >= 11 is 0. The van der Waals surface area contributed by atoms with Crippen LogP contribution >= 0.6 is 0 Å². The predicted molar refractivity (Wildman–Crippen MR) is 161 cm³/mol. The van der Waals surface area contributed by atoms with Gasteiger partial charge in [0.1, 0.15) is 12.6 Å². The van der Waals surface area contributed by atoms with Crippen molar-refractivity contribution in [3.8, 4) is 0 Å². The van der Waals surface area contributed by atoms with Gasteiger partial charge in [-0.15, -0.1) is 0 Å². The van der Waals surface area contributed by atoms with E-state index in [1.807, 2.05) is 77.9 Å². The first kappa shape index (κ1) is 30.9. The van der Waals surface area contributed by atoms with E-state index in [4.69, 9.17) is 0 Å². The highest BCUT2D eigenvalue weighted by Crippen LogP contribution is 2.29. The smallest absolute Gasteiger partial charge is 0.264 e. The molecule has 0 aliphatic rings. The average molecular weight is 564 g/mol. The van der Waals surface area contributed by atoms with Gasteiger partial charge < -0.3 is 10.2 Å². The second-order valence-corrected chi connectivity index (χ2v) is 12.4. The molecule has 0 unspecified atom stereocenters. The van der Waals surface area contributed by atoms with Crippen molar-refractivity contribution in [3.63, 3.8) is 0 Å². The lowest BCUT2D eigenvalue weighted by molar-refractivity contribution is -0.139. The number of hydrogen-bond acceptors (Lipinski definition) is 4. The molecule has 7 nitrogen and oxygen atoms in total. The largest absolute Gasteiger partial charge is 0.352 e. The fourth-order valence-electron chi connectivity index (χ4n) is 4.36. The third kappa shape index (κ3) is 7.30. The molecule has 3 rings (SSSR count). The van der Waals surface area contributed by atoms with Gasteiger partial charge in [0.15, 0.2) is 0 Å². The molecule has 0 spiro atoms. The first-order valence-corrected chi connectivity index (χ1v) is 15.1. The molecule has 1 N–H and O–H groups in total. The van der Waals surface area contributed by atoms with Gasteiger partial charge in [-0.05, 0) is 88.4 Å². The van der Waals surface area contributed by atoms with Crippen molar-refractivity contribution in [3.05, 3.63) is 94.5 Å². The summed E-state index contributed by atoms with van der Waals surface area (Å²) in [6, 6.07) is 18.9. The van der Waals surface area contributed by atoms with Crippen LogP contribution < -0.4 is 9.62 Å². The third-order valence-electron chi connectivity index (χ3n) is 7.29. The standard InChI is InChI=1S/C32H41N3O4S/c1-8-26(6)33-32(37)27(7)34(20-28-12-10-9-11-24(28)4)31(36)21-35(30-19-23(3)13-16-25(30)5)40(38,39)29-17-14-22(2)15-18-29/h9-19,26-27H,8,20-21H2,1-7H3,(H,33,37)/t26-,27-/m1/s1. The molecule has 0 bridgehead atoms. The van der Waals surface area contributed by atoms with Crippen LogP contribution in [-0.4, -0.2) is 43.8 Å². The first-order chi connectivity index (χ1) is 18.8. The van der Waals surface area contributed by atoms with E-state index in [0.717, 1.165) is 34.2 Å². The van der Waals surface area contributed by atoms with Crippen LogP contribution in [-0.2, 0) is 26.2 Å². The van der Waals surface area contributed by atoms with E-state index in [1.54, 1.807) is 37.3 Å². The van der Waals surface area contributed by atoms with Gasteiger partial charge in [0, 0.05) is 12.6 Å². The molecule has 40 heavy (non-hydrogen) atoms. The summed E-state index contributed by atoms with van der Waals surface area (Å²) in [7, 11) is -4.10. The quantitative estimate of drug-likeness (QED) is 0.336. The van der Waals surface area contributed by atoms with Crippen molar-refractivity contribution in [2.45, 2.75) is 78.4 Å². The molecule has 0 aliphatic carbocycles. The molecule has 0 aliphatic heterocycles. The predicted octanol–water partition coefficient (Wildman–Crippen LogP) is 5.45. The summed E-state index contributed by atoms with van der Waals surface area (Å²) in [5.74, 6) is -0.748. The number of nitrogens with zero attached hydrogens (tertiary/aromatic N) is 2. The van der Waals surface area contributed by atoms with E-state index >= 15 is 0 Å². The summed E-state index contributed by atoms with van der Waals surface area (Å²) in [6.45, 7) is 12.8. The Bertz CT molecular complexity index is 1450. The topological polar surface area (TPSA) is 86.8 Å². The van der Waals surface area contributed by atoms with Gasteiger partial charge in [-0.2, -0.15) is 0 Å². The van der Waals surface area contributed by atoms with Crippen molar-refractivity contribution in [2.24, 2.45) is 0 Å². The molecule has 0 fully saturated rings. The highest BCUT2D eigenvalue weighted by atomic mass is 32.2. The molecule has 0 radical (unpaired) electrons. The summed E-state index contributed by atoms with van der Waals surface area (Å²) in [5.41, 5.74) is 4.82. The van der Waals surface area contributed by atoms with Crippen LogP contribution in [0.3, 0.4) is 0 Å². The number of hydrogen-bond donors (Lipinski definition) is 1. The number of rotatable bonds is 11. The number of carbonyl (C=O) groups is 2. The van der Waals surface area contributed by atoms with Crippen LogP contribution in [0.5, 0.6) is 0 Å². The Balaban J connectivity index is 2.08. The number of aryl methyl sites for hydroxylation is 4. The minimum absolute atomic E-state index is 0.0567. The Morgan fingerprint density at radius 1 is 0.850 bits per heavy atom. The normalized spacial score (nSPS) is 12.9. The minimum Gasteiger partial charge on any atom is -0.352 e. The number of anilines is 1. The fraction of sp³-hybridized carbons (Fsp3) is 0.375. The van der Waals surface area contributed by atoms with E-state index < -0.39 is 28.5 Å². The third-order valence-corrected chi connectivity index (χ3v) is 9.07. The maximum atomic E-state index is 14.1. The number of amides is 2. The second kappa shape index (κ2) is 13.1. The summed E-state index contributed by atoms with van der Waals surface area (Å²) < 4.78 is 29.3. The van der Waals surface area contributed by atoms with E-state index in [2.05, 4.69) is 5.32 Å². The molecule has 2 amide bonds. The van der Waals surface area contributed by atoms with E-state index in [-0.39, 0.29) is 23.4 Å². The van der Waals surface area contributed by atoms with Gasteiger partial charge in [0.05, 0.1) is 10.6 Å². The number of carbonyl (C=O) groups excluding carboxylic acids is 2. The Kier molecular flexibility index (Phi) is 10.1. The molecule has 0 aromatic heterocycles. The average Bonchev–Trinajstić information content (AvgIpc) is 2.92. The molecule has 3 aromatic carbocycles.